The molecule has 1 unspecified atom stereocenters. The van der Waals surface area contributed by atoms with Gasteiger partial charge in [-0.25, -0.2) is 0 Å². The fourth-order valence-corrected chi connectivity index (χ4v) is 2.79. The normalized spacial score (nSPS) is 14.8. The van der Waals surface area contributed by atoms with Crippen molar-refractivity contribution >= 4 is 23.0 Å². The molecule has 1 aliphatic heterocycles. The monoisotopic (exact) mass is 284 g/mol. The van der Waals surface area contributed by atoms with Crippen LogP contribution in [0, 0.1) is 0 Å². The van der Waals surface area contributed by atoms with Gasteiger partial charge in [0, 0.05) is 23.0 Å². The van der Waals surface area contributed by atoms with Crippen molar-refractivity contribution in [2.24, 2.45) is 4.99 Å². The molecule has 0 saturated carbocycles. The molecule has 0 fully saturated rings. The summed E-state index contributed by atoms with van der Waals surface area (Å²) < 4.78 is 0. The predicted octanol–water partition coefficient (Wildman–Crippen LogP) is 3.97. The molecule has 3 heteroatoms. The van der Waals surface area contributed by atoms with Gasteiger partial charge in [0.2, 0.25) is 0 Å². The van der Waals surface area contributed by atoms with Crippen LogP contribution in [0.5, 0.6) is 0 Å². The second-order valence-corrected chi connectivity index (χ2v) is 5.55. The summed E-state index contributed by atoms with van der Waals surface area (Å²) in [6, 6.07) is 14.6. The molecule has 2 aromatic rings. The summed E-state index contributed by atoms with van der Waals surface area (Å²) in [4.78, 5) is 4.89. The van der Waals surface area contributed by atoms with E-state index in [2.05, 4.69) is 36.5 Å². The average molecular weight is 285 g/mol. The lowest BCUT2D eigenvalue weighted by atomic mass is 9.95. The molecule has 0 amide bonds. The first-order chi connectivity index (χ1) is 9.69. The Morgan fingerprint density at radius 1 is 1.15 bits per heavy atom. The number of fused-ring (bicyclic) bond motifs is 2. The first-order valence-electron chi connectivity index (χ1n) is 6.81. The van der Waals surface area contributed by atoms with Crippen LogP contribution in [0.25, 0.3) is 0 Å². The molecule has 1 heterocycles. The van der Waals surface area contributed by atoms with E-state index in [0.717, 1.165) is 22.8 Å². The molecular formula is C17H17ClN2. The van der Waals surface area contributed by atoms with Gasteiger partial charge in [-0.15, -0.1) is 0 Å². The van der Waals surface area contributed by atoms with Gasteiger partial charge in [0.15, 0.2) is 0 Å². The molecule has 0 aliphatic carbocycles. The fraction of sp³-hybridized carbons (Fsp3) is 0.235. The minimum absolute atomic E-state index is 0.206. The molecule has 2 aromatic carbocycles. The van der Waals surface area contributed by atoms with Crippen molar-refractivity contribution in [3.05, 3.63) is 64.2 Å². The number of halogens is 1. The van der Waals surface area contributed by atoms with E-state index in [1.165, 1.54) is 16.7 Å². The van der Waals surface area contributed by atoms with Crippen molar-refractivity contribution in [2.75, 3.05) is 7.05 Å². The second-order valence-electron chi connectivity index (χ2n) is 5.11. The van der Waals surface area contributed by atoms with Crippen molar-refractivity contribution in [3.63, 3.8) is 0 Å². The Bertz CT molecular complexity index is 676. The van der Waals surface area contributed by atoms with Gasteiger partial charge in [-0.2, -0.15) is 0 Å². The largest absolute Gasteiger partial charge is 0.312 e. The standard InChI is InChI=1S/C17H17ClN2/c1-11(19-2)17-15-6-4-3-5-12(15)9-13-10-14(18)7-8-16(13)20-17/h3-8,10-11,19H,9H2,1-2H3. The predicted molar refractivity (Wildman–Crippen MR) is 85.4 cm³/mol. The van der Waals surface area contributed by atoms with Gasteiger partial charge in [0.1, 0.15) is 0 Å². The molecule has 1 aliphatic rings. The lowest BCUT2D eigenvalue weighted by Gasteiger charge is -2.15. The average Bonchev–Trinajstić information content (AvgIpc) is 2.62. The zero-order chi connectivity index (χ0) is 14.1. The number of rotatable bonds is 2. The molecular weight excluding hydrogens is 268 g/mol. The molecule has 20 heavy (non-hydrogen) atoms. The topological polar surface area (TPSA) is 24.4 Å². The van der Waals surface area contributed by atoms with Crippen LogP contribution in [0.2, 0.25) is 5.02 Å². The van der Waals surface area contributed by atoms with Gasteiger partial charge in [0.25, 0.3) is 0 Å². The highest BCUT2D eigenvalue weighted by atomic mass is 35.5. The lowest BCUT2D eigenvalue weighted by molar-refractivity contribution is 0.763. The third-order valence-electron chi connectivity index (χ3n) is 3.80. The number of nitrogens with zero attached hydrogens (tertiary/aromatic N) is 1. The maximum Gasteiger partial charge on any atom is 0.0670 e. The van der Waals surface area contributed by atoms with Crippen LogP contribution in [0.1, 0.15) is 23.6 Å². The molecule has 1 atom stereocenters. The van der Waals surface area contributed by atoms with Gasteiger partial charge >= 0.3 is 0 Å². The SMILES string of the molecule is CNC(C)C1=Nc2ccc(Cl)cc2Cc2ccccc21. The fourth-order valence-electron chi connectivity index (χ4n) is 2.59. The summed E-state index contributed by atoms with van der Waals surface area (Å²) in [5.41, 5.74) is 5.81. The zero-order valence-electron chi connectivity index (χ0n) is 11.7. The van der Waals surface area contributed by atoms with Gasteiger partial charge in [-0.3, -0.25) is 4.99 Å². The minimum Gasteiger partial charge on any atom is -0.312 e. The van der Waals surface area contributed by atoms with E-state index in [1.54, 1.807) is 0 Å². The number of hydrogen-bond donors (Lipinski definition) is 1. The Morgan fingerprint density at radius 2 is 1.95 bits per heavy atom. The molecule has 2 nitrogen and oxygen atoms in total. The van der Waals surface area contributed by atoms with E-state index < -0.39 is 0 Å². The smallest absolute Gasteiger partial charge is 0.0670 e. The third-order valence-corrected chi connectivity index (χ3v) is 4.03. The van der Waals surface area contributed by atoms with Gasteiger partial charge in [-0.05, 0) is 43.3 Å². The molecule has 3 rings (SSSR count). The summed E-state index contributed by atoms with van der Waals surface area (Å²) in [6.07, 6.45) is 0.871. The van der Waals surface area contributed by atoms with Gasteiger partial charge < -0.3 is 5.32 Å². The van der Waals surface area contributed by atoms with E-state index in [1.807, 2.05) is 25.2 Å². The summed E-state index contributed by atoms with van der Waals surface area (Å²) >= 11 is 6.12. The Labute approximate surface area is 124 Å². The van der Waals surface area contributed by atoms with E-state index in [0.29, 0.717) is 0 Å². The van der Waals surface area contributed by atoms with E-state index >= 15 is 0 Å². The molecule has 0 aromatic heterocycles. The quantitative estimate of drug-likeness (QED) is 0.886. The Kier molecular flexibility index (Phi) is 3.60. The van der Waals surface area contributed by atoms with Gasteiger partial charge in [0.05, 0.1) is 11.4 Å². The highest BCUT2D eigenvalue weighted by Crippen LogP contribution is 2.31. The van der Waals surface area contributed by atoms with Crippen LogP contribution in [0.15, 0.2) is 47.5 Å². The number of likely N-dealkylation sites (N-methyl/N-ethyl adjacent to an activating group) is 1. The van der Waals surface area contributed by atoms with Crippen molar-refractivity contribution in [2.45, 2.75) is 19.4 Å². The third kappa shape index (κ3) is 2.37. The van der Waals surface area contributed by atoms with Crippen molar-refractivity contribution < 1.29 is 0 Å². The number of aliphatic imine (C=N–C) groups is 1. The van der Waals surface area contributed by atoms with Crippen LogP contribution in [-0.2, 0) is 6.42 Å². The number of nitrogens with one attached hydrogen (secondary N) is 1. The van der Waals surface area contributed by atoms with Crippen LogP contribution >= 0.6 is 11.6 Å². The molecule has 102 valence electrons. The summed E-state index contributed by atoms with van der Waals surface area (Å²) in [7, 11) is 1.96. The van der Waals surface area contributed by atoms with E-state index in [9.17, 15) is 0 Å². The molecule has 0 bridgehead atoms. The van der Waals surface area contributed by atoms with E-state index in [-0.39, 0.29) is 6.04 Å². The first-order valence-corrected chi connectivity index (χ1v) is 7.19. The van der Waals surface area contributed by atoms with E-state index in [4.69, 9.17) is 16.6 Å². The Balaban J connectivity index is 2.23. The first kappa shape index (κ1) is 13.3. The number of benzene rings is 2. The maximum atomic E-state index is 6.12. The highest BCUT2D eigenvalue weighted by Gasteiger charge is 2.19. The summed E-state index contributed by atoms with van der Waals surface area (Å²) in [6.45, 7) is 2.14. The molecule has 0 spiro atoms. The van der Waals surface area contributed by atoms with Crippen molar-refractivity contribution in [1.82, 2.24) is 5.32 Å². The van der Waals surface area contributed by atoms with Gasteiger partial charge in [-0.1, -0.05) is 35.9 Å². The summed E-state index contributed by atoms with van der Waals surface area (Å²) in [5.74, 6) is 0. The zero-order valence-corrected chi connectivity index (χ0v) is 12.4. The number of hydrogen-bond acceptors (Lipinski definition) is 2. The summed E-state index contributed by atoms with van der Waals surface area (Å²) in [5, 5.41) is 4.05. The van der Waals surface area contributed by atoms with Crippen LogP contribution in [0.4, 0.5) is 5.69 Å². The highest BCUT2D eigenvalue weighted by molar-refractivity contribution is 6.30. The minimum atomic E-state index is 0.206. The molecule has 0 saturated heterocycles. The molecule has 1 N–H and O–H groups in total. The second kappa shape index (κ2) is 5.39. The van der Waals surface area contributed by atoms with Crippen LogP contribution in [-0.4, -0.2) is 18.8 Å². The van der Waals surface area contributed by atoms with Crippen LogP contribution < -0.4 is 5.32 Å². The lowest BCUT2D eigenvalue weighted by Crippen LogP contribution is -2.31. The van der Waals surface area contributed by atoms with Crippen molar-refractivity contribution in [1.29, 1.82) is 0 Å². The molecule has 0 radical (unpaired) electrons. The van der Waals surface area contributed by atoms with Crippen LogP contribution in [0.3, 0.4) is 0 Å². The van der Waals surface area contributed by atoms with Crippen molar-refractivity contribution in [3.8, 4) is 0 Å². The maximum absolute atomic E-state index is 6.12. The Hall–Kier alpha value is -1.64. The Morgan fingerprint density at radius 3 is 2.75 bits per heavy atom.